The number of rotatable bonds is 5. The van der Waals surface area contributed by atoms with Crippen LogP contribution in [-0.2, 0) is 6.42 Å². The van der Waals surface area contributed by atoms with Crippen molar-refractivity contribution >= 4 is 11.6 Å². The highest BCUT2D eigenvalue weighted by Gasteiger charge is 2.23. The van der Waals surface area contributed by atoms with Crippen LogP contribution in [0.5, 0.6) is 5.75 Å². The molecule has 1 aliphatic carbocycles. The first kappa shape index (κ1) is 14.4. The smallest absolute Gasteiger partial charge is 0.127 e. The number of ether oxygens (including phenoxy) is 1. The molecule has 0 saturated heterocycles. The first-order chi connectivity index (χ1) is 10.1. The lowest BCUT2D eigenvalue weighted by Crippen LogP contribution is -2.05. The molecular weight excluding hydrogens is 291 g/mol. The fraction of sp³-hybridized carbons (Fsp3) is 0.294. The maximum Gasteiger partial charge on any atom is 0.127 e. The maximum atomic E-state index is 13.8. The largest absolute Gasteiger partial charge is 0.490 e. The Balaban J connectivity index is 1.76. The van der Waals surface area contributed by atoms with Crippen molar-refractivity contribution in [1.29, 1.82) is 0 Å². The van der Waals surface area contributed by atoms with Gasteiger partial charge in [-0.15, -0.1) is 0 Å². The van der Waals surface area contributed by atoms with E-state index in [1.54, 1.807) is 24.3 Å². The van der Waals surface area contributed by atoms with E-state index in [1.807, 2.05) is 12.1 Å². The lowest BCUT2D eigenvalue weighted by molar-refractivity contribution is 0.176. The van der Waals surface area contributed by atoms with E-state index in [4.69, 9.17) is 16.3 Å². The van der Waals surface area contributed by atoms with Gasteiger partial charge in [0, 0.05) is 17.0 Å². The molecule has 0 bridgehead atoms. The van der Waals surface area contributed by atoms with E-state index in [1.165, 1.54) is 6.07 Å². The van der Waals surface area contributed by atoms with Crippen LogP contribution in [0, 0.1) is 5.82 Å². The predicted molar refractivity (Wildman–Crippen MR) is 80.2 cm³/mol. The van der Waals surface area contributed by atoms with E-state index >= 15 is 0 Å². The zero-order valence-corrected chi connectivity index (χ0v) is 12.2. The van der Waals surface area contributed by atoms with Gasteiger partial charge in [0.2, 0.25) is 0 Å². The zero-order valence-electron chi connectivity index (χ0n) is 11.4. The maximum absolute atomic E-state index is 13.8. The van der Waals surface area contributed by atoms with Crippen LogP contribution < -0.4 is 4.74 Å². The quantitative estimate of drug-likeness (QED) is 0.892. The number of benzene rings is 2. The molecule has 0 amide bonds. The van der Waals surface area contributed by atoms with Crippen LogP contribution in [0.15, 0.2) is 42.5 Å². The summed E-state index contributed by atoms with van der Waals surface area (Å²) in [5, 5.41) is 10.6. The van der Waals surface area contributed by atoms with Crippen LogP contribution in [0.3, 0.4) is 0 Å². The molecule has 0 spiro atoms. The minimum absolute atomic E-state index is 0.137. The minimum Gasteiger partial charge on any atom is -0.490 e. The number of hydrogen-bond donors (Lipinski definition) is 1. The number of hydrogen-bond acceptors (Lipinski definition) is 2. The highest BCUT2D eigenvalue weighted by Crippen LogP contribution is 2.30. The van der Waals surface area contributed by atoms with Gasteiger partial charge in [0.05, 0.1) is 12.2 Å². The van der Waals surface area contributed by atoms with Gasteiger partial charge in [-0.2, -0.15) is 0 Å². The van der Waals surface area contributed by atoms with Crippen LogP contribution in [0.2, 0.25) is 5.02 Å². The summed E-state index contributed by atoms with van der Waals surface area (Å²) in [5.41, 5.74) is 1.03. The molecule has 0 radical (unpaired) electrons. The Bertz CT molecular complexity index is 620. The molecule has 1 aliphatic rings. The lowest BCUT2D eigenvalue weighted by atomic mass is 10.0. The van der Waals surface area contributed by atoms with E-state index < -0.39 is 11.9 Å². The molecule has 1 fully saturated rings. The summed E-state index contributed by atoms with van der Waals surface area (Å²) < 4.78 is 19.5. The van der Waals surface area contributed by atoms with Crippen LogP contribution in [0.25, 0.3) is 0 Å². The topological polar surface area (TPSA) is 29.5 Å². The van der Waals surface area contributed by atoms with Crippen LogP contribution in [0.4, 0.5) is 4.39 Å². The summed E-state index contributed by atoms with van der Waals surface area (Å²) >= 11 is 5.99. The predicted octanol–water partition coefficient (Wildman–Crippen LogP) is 4.30. The molecule has 4 heteroatoms. The normalized spacial score (nSPS) is 15.8. The van der Waals surface area contributed by atoms with E-state index in [-0.39, 0.29) is 6.42 Å². The fourth-order valence-corrected chi connectivity index (χ4v) is 2.45. The van der Waals surface area contributed by atoms with E-state index in [0.717, 1.165) is 18.6 Å². The molecule has 21 heavy (non-hydrogen) atoms. The highest BCUT2D eigenvalue weighted by atomic mass is 35.5. The number of aliphatic hydroxyl groups is 1. The first-order valence-corrected chi connectivity index (χ1v) is 7.39. The van der Waals surface area contributed by atoms with Crippen molar-refractivity contribution in [2.75, 3.05) is 0 Å². The van der Waals surface area contributed by atoms with Gasteiger partial charge in [-0.3, -0.25) is 0 Å². The van der Waals surface area contributed by atoms with Gasteiger partial charge in [-0.1, -0.05) is 29.8 Å². The summed E-state index contributed by atoms with van der Waals surface area (Å²) in [6.07, 6.45) is 1.79. The SMILES string of the molecule is OC(Cc1c(F)cccc1Cl)c1cccc(OC2CC2)c1. The van der Waals surface area contributed by atoms with E-state index in [0.29, 0.717) is 22.3 Å². The Hall–Kier alpha value is -1.58. The van der Waals surface area contributed by atoms with E-state index in [9.17, 15) is 9.50 Å². The third kappa shape index (κ3) is 3.55. The summed E-state index contributed by atoms with van der Waals surface area (Å²) in [5.74, 6) is 0.348. The molecule has 1 N–H and O–H groups in total. The Labute approximate surface area is 128 Å². The fourth-order valence-electron chi connectivity index (χ4n) is 2.21. The van der Waals surface area contributed by atoms with Crippen molar-refractivity contribution in [3.8, 4) is 5.75 Å². The van der Waals surface area contributed by atoms with Crippen molar-refractivity contribution in [1.82, 2.24) is 0 Å². The van der Waals surface area contributed by atoms with Gasteiger partial charge < -0.3 is 9.84 Å². The molecule has 110 valence electrons. The van der Waals surface area contributed by atoms with Gasteiger partial charge in [-0.25, -0.2) is 4.39 Å². The second kappa shape index (κ2) is 6.04. The molecule has 0 heterocycles. The second-order valence-corrected chi connectivity index (χ2v) is 5.72. The number of halogens is 2. The van der Waals surface area contributed by atoms with Crippen molar-refractivity contribution in [3.63, 3.8) is 0 Å². The average Bonchev–Trinajstić information content (AvgIpc) is 3.27. The van der Waals surface area contributed by atoms with Crippen molar-refractivity contribution < 1.29 is 14.2 Å². The third-order valence-electron chi connectivity index (χ3n) is 3.53. The monoisotopic (exact) mass is 306 g/mol. The number of aliphatic hydroxyl groups excluding tert-OH is 1. The lowest BCUT2D eigenvalue weighted by Gasteiger charge is -2.14. The molecule has 1 unspecified atom stereocenters. The van der Waals surface area contributed by atoms with Crippen molar-refractivity contribution in [2.24, 2.45) is 0 Å². The van der Waals surface area contributed by atoms with Gasteiger partial charge >= 0.3 is 0 Å². The summed E-state index contributed by atoms with van der Waals surface area (Å²) in [6, 6.07) is 11.8. The minimum atomic E-state index is -0.817. The molecule has 0 aromatic heterocycles. The molecule has 1 atom stereocenters. The summed E-state index contributed by atoms with van der Waals surface area (Å²) in [6.45, 7) is 0. The van der Waals surface area contributed by atoms with Crippen LogP contribution in [-0.4, -0.2) is 11.2 Å². The molecule has 2 aromatic rings. The zero-order chi connectivity index (χ0) is 14.8. The Kier molecular flexibility index (Phi) is 4.13. The first-order valence-electron chi connectivity index (χ1n) is 7.01. The molecular formula is C17H16ClFO2. The summed E-state index contributed by atoms with van der Waals surface area (Å²) in [4.78, 5) is 0. The van der Waals surface area contributed by atoms with Gasteiger partial charge in [0.25, 0.3) is 0 Å². The van der Waals surface area contributed by atoms with Crippen molar-refractivity contribution in [2.45, 2.75) is 31.5 Å². The average molecular weight is 307 g/mol. The van der Waals surface area contributed by atoms with Gasteiger partial charge in [0.1, 0.15) is 11.6 Å². The standard InChI is InChI=1S/C17H16ClFO2/c18-15-5-2-6-16(19)14(15)10-17(20)11-3-1-4-13(9-11)21-12-7-8-12/h1-6,9,12,17,20H,7-8,10H2. The Morgan fingerprint density at radius 2 is 2.00 bits per heavy atom. The molecule has 3 rings (SSSR count). The molecule has 0 aliphatic heterocycles. The Morgan fingerprint density at radius 3 is 2.71 bits per heavy atom. The van der Waals surface area contributed by atoms with Gasteiger partial charge in [-0.05, 0) is 42.7 Å². The third-order valence-corrected chi connectivity index (χ3v) is 3.88. The molecule has 2 nitrogen and oxygen atoms in total. The Morgan fingerprint density at radius 1 is 1.24 bits per heavy atom. The molecule has 2 aromatic carbocycles. The van der Waals surface area contributed by atoms with E-state index in [2.05, 4.69) is 0 Å². The van der Waals surface area contributed by atoms with Gasteiger partial charge in [0.15, 0.2) is 0 Å². The van der Waals surface area contributed by atoms with Crippen molar-refractivity contribution in [3.05, 3.63) is 64.4 Å². The highest BCUT2D eigenvalue weighted by molar-refractivity contribution is 6.31. The second-order valence-electron chi connectivity index (χ2n) is 5.31. The summed E-state index contributed by atoms with van der Waals surface area (Å²) in [7, 11) is 0. The van der Waals surface area contributed by atoms with Crippen LogP contribution in [0.1, 0.15) is 30.1 Å². The molecule has 1 saturated carbocycles. The van der Waals surface area contributed by atoms with Crippen LogP contribution >= 0.6 is 11.6 Å².